The van der Waals surface area contributed by atoms with Crippen molar-refractivity contribution in [3.05, 3.63) is 78.3 Å². The molecule has 206 valence electrons. The summed E-state index contributed by atoms with van der Waals surface area (Å²) in [5, 5.41) is 7.05. The summed E-state index contributed by atoms with van der Waals surface area (Å²) in [6.07, 6.45) is 0.888. The Morgan fingerprint density at radius 3 is 2.44 bits per heavy atom. The molecule has 1 fully saturated rings. The highest BCUT2D eigenvalue weighted by Crippen LogP contribution is 2.28. The number of para-hydroxylation sites is 1. The van der Waals surface area contributed by atoms with E-state index in [1.807, 2.05) is 54.6 Å². The molecule has 10 heteroatoms. The highest BCUT2D eigenvalue weighted by Gasteiger charge is 2.23. The van der Waals surface area contributed by atoms with E-state index >= 15 is 0 Å². The molecule has 0 spiro atoms. The van der Waals surface area contributed by atoms with Crippen LogP contribution in [0.15, 0.2) is 71.1 Å². The van der Waals surface area contributed by atoms with Gasteiger partial charge < -0.3 is 19.4 Å². The Hall–Kier alpha value is -3.99. The van der Waals surface area contributed by atoms with E-state index in [1.165, 1.54) is 12.1 Å². The Morgan fingerprint density at radius 1 is 1.00 bits per heavy atom. The maximum atomic E-state index is 12.6. The fourth-order valence-corrected chi connectivity index (χ4v) is 4.42. The molecular formula is C29H35N5O5. The smallest absolute Gasteiger partial charge is 0.411 e. The van der Waals surface area contributed by atoms with Crippen molar-refractivity contribution < 1.29 is 23.5 Å². The molecule has 0 unspecified atom stereocenters. The first-order chi connectivity index (χ1) is 18.9. The van der Waals surface area contributed by atoms with Crippen LogP contribution in [0.25, 0.3) is 11.1 Å². The predicted molar refractivity (Wildman–Crippen MR) is 148 cm³/mol. The zero-order chi connectivity index (χ0) is 27.6. The zero-order valence-corrected chi connectivity index (χ0v) is 22.1. The average molecular weight is 534 g/mol. The van der Waals surface area contributed by atoms with Crippen molar-refractivity contribution in [2.24, 2.45) is 5.84 Å². The van der Waals surface area contributed by atoms with Gasteiger partial charge in [0.15, 0.2) is 11.5 Å². The first kappa shape index (κ1) is 28.0. The number of carbonyl (C=O) groups is 3. The third-order valence-electron chi connectivity index (χ3n) is 6.64. The van der Waals surface area contributed by atoms with E-state index in [2.05, 4.69) is 15.5 Å². The number of benzene rings is 2. The zero-order valence-electron chi connectivity index (χ0n) is 22.1. The van der Waals surface area contributed by atoms with E-state index in [0.29, 0.717) is 18.8 Å². The monoisotopic (exact) mass is 533 g/mol. The van der Waals surface area contributed by atoms with E-state index in [-0.39, 0.29) is 30.0 Å². The molecule has 1 aliphatic heterocycles. The van der Waals surface area contributed by atoms with Gasteiger partial charge in [0.05, 0.1) is 12.2 Å². The van der Waals surface area contributed by atoms with Gasteiger partial charge in [-0.1, -0.05) is 48.5 Å². The van der Waals surface area contributed by atoms with Crippen LogP contribution in [0.4, 0.5) is 10.5 Å². The summed E-state index contributed by atoms with van der Waals surface area (Å²) in [5.41, 5.74) is 2.68. The van der Waals surface area contributed by atoms with Crippen molar-refractivity contribution in [1.29, 1.82) is 0 Å². The number of hydrazine groups is 1. The lowest BCUT2D eigenvalue weighted by molar-refractivity contribution is 0.0593. The molecule has 3 aromatic rings. The van der Waals surface area contributed by atoms with Crippen LogP contribution < -0.4 is 16.5 Å². The molecule has 2 aromatic carbocycles. The van der Waals surface area contributed by atoms with Crippen LogP contribution >= 0.6 is 0 Å². The molecule has 2 amide bonds. The molecule has 0 aliphatic carbocycles. The predicted octanol–water partition coefficient (Wildman–Crippen LogP) is 3.77. The molecule has 0 atom stereocenters. The number of ketones is 1. The number of hydrogen-bond acceptors (Lipinski definition) is 8. The highest BCUT2D eigenvalue weighted by molar-refractivity contribution is 5.97. The SMILES string of the molecule is CCN(N)C(=O)c1ccc(C(=O)CNCCN2CCC(OC(=O)Nc3ccccc3-c3ccccc3)CC2)o1. The largest absolute Gasteiger partial charge is 0.448 e. The number of Topliss-reactive ketones (excluding diaryl/α,β-unsaturated/α-hetero) is 1. The van der Waals surface area contributed by atoms with Gasteiger partial charge in [-0.3, -0.25) is 19.9 Å². The molecule has 2 heterocycles. The van der Waals surface area contributed by atoms with E-state index in [4.69, 9.17) is 15.0 Å². The third-order valence-corrected chi connectivity index (χ3v) is 6.64. The standard InChI is InChI=1S/C29H35N5O5/c1-2-34(30)28(36)27-13-12-26(39-27)25(35)20-31-16-19-33-17-14-22(15-18-33)38-29(37)32-24-11-7-6-10-23(24)21-8-4-3-5-9-21/h3-13,22,31H,2,14-20,30H2,1H3,(H,32,37). The normalized spacial score (nSPS) is 14.1. The molecule has 0 radical (unpaired) electrons. The summed E-state index contributed by atoms with van der Waals surface area (Å²) < 4.78 is 11.1. The second kappa shape index (κ2) is 13.7. The summed E-state index contributed by atoms with van der Waals surface area (Å²) in [4.78, 5) is 39.3. The second-order valence-electron chi connectivity index (χ2n) is 9.34. The lowest BCUT2D eigenvalue weighted by Gasteiger charge is -2.31. The first-order valence-electron chi connectivity index (χ1n) is 13.2. The van der Waals surface area contributed by atoms with Crippen LogP contribution in [0, 0.1) is 0 Å². The van der Waals surface area contributed by atoms with Crippen LogP contribution in [-0.4, -0.2) is 73.1 Å². The Morgan fingerprint density at radius 2 is 1.69 bits per heavy atom. The minimum atomic E-state index is -0.466. The number of ether oxygens (including phenoxy) is 1. The summed E-state index contributed by atoms with van der Waals surface area (Å²) >= 11 is 0. The van der Waals surface area contributed by atoms with Gasteiger partial charge in [-0.05, 0) is 43.5 Å². The molecule has 10 nitrogen and oxygen atoms in total. The summed E-state index contributed by atoms with van der Waals surface area (Å²) in [6, 6.07) is 20.5. The summed E-state index contributed by atoms with van der Waals surface area (Å²) in [5.74, 6) is 5.05. The maximum absolute atomic E-state index is 12.6. The van der Waals surface area contributed by atoms with Gasteiger partial charge in [-0.25, -0.2) is 10.6 Å². The van der Waals surface area contributed by atoms with Crippen molar-refractivity contribution in [2.75, 3.05) is 44.6 Å². The van der Waals surface area contributed by atoms with E-state index in [1.54, 1.807) is 6.92 Å². The number of nitrogens with zero attached hydrogens (tertiary/aromatic N) is 2. The fraction of sp³-hybridized carbons (Fsp3) is 0.345. The average Bonchev–Trinajstić information content (AvgIpc) is 3.46. The maximum Gasteiger partial charge on any atom is 0.411 e. The van der Waals surface area contributed by atoms with E-state index in [9.17, 15) is 14.4 Å². The lowest BCUT2D eigenvalue weighted by Crippen LogP contribution is -2.42. The van der Waals surface area contributed by atoms with Crippen molar-refractivity contribution >= 4 is 23.5 Å². The van der Waals surface area contributed by atoms with Crippen LogP contribution in [0.2, 0.25) is 0 Å². The van der Waals surface area contributed by atoms with Crippen LogP contribution in [0.1, 0.15) is 40.9 Å². The number of likely N-dealkylation sites (tertiary alicyclic amines) is 1. The number of carbonyl (C=O) groups excluding carboxylic acids is 3. The van der Waals surface area contributed by atoms with Gasteiger partial charge in [-0.2, -0.15) is 0 Å². The van der Waals surface area contributed by atoms with Gasteiger partial charge in [0.2, 0.25) is 5.78 Å². The Kier molecular flexibility index (Phi) is 9.85. The van der Waals surface area contributed by atoms with Crippen molar-refractivity contribution in [1.82, 2.24) is 15.2 Å². The van der Waals surface area contributed by atoms with Crippen molar-refractivity contribution in [3.8, 4) is 11.1 Å². The van der Waals surface area contributed by atoms with Gasteiger partial charge >= 0.3 is 12.0 Å². The number of hydrogen-bond donors (Lipinski definition) is 3. The molecule has 1 aliphatic rings. The number of anilines is 1. The molecule has 0 bridgehead atoms. The van der Waals surface area contributed by atoms with Gasteiger partial charge in [0.1, 0.15) is 6.10 Å². The van der Waals surface area contributed by atoms with Gasteiger partial charge in [0.25, 0.3) is 0 Å². The first-order valence-corrected chi connectivity index (χ1v) is 13.2. The van der Waals surface area contributed by atoms with Crippen LogP contribution in [0.5, 0.6) is 0 Å². The Balaban J connectivity index is 1.14. The third kappa shape index (κ3) is 7.76. The Bertz CT molecular complexity index is 1250. The van der Waals surface area contributed by atoms with Crippen LogP contribution in [0.3, 0.4) is 0 Å². The molecule has 4 rings (SSSR count). The number of furan rings is 1. The molecular weight excluding hydrogens is 498 g/mol. The molecule has 1 aromatic heterocycles. The molecule has 4 N–H and O–H groups in total. The number of amides is 2. The number of nitrogens with two attached hydrogens (primary N) is 1. The minimum absolute atomic E-state index is 0.0434. The number of piperidine rings is 1. The summed E-state index contributed by atoms with van der Waals surface area (Å²) in [7, 11) is 0. The molecule has 39 heavy (non-hydrogen) atoms. The fourth-order valence-electron chi connectivity index (χ4n) is 4.42. The minimum Gasteiger partial charge on any atom is -0.448 e. The van der Waals surface area contributed by atoms with Gasteiger partial charge in [0, 0.05) is 38.3 Å². The quantitative estimate of drug-likeness (QED) is 0.112. The van der Waals surface area contributed by atoms with Gasteiger partial charge in [-0.15, -0.1) is 0 Å². The van der Waals surface area contributed by atoms with Crippen molar-refractivity contribution in [2.45, 2.75) is 25.9 Å². The van der Waals surface area contributed by atoms with Crippen molar-refractivity contribution in [3.63, 3.8) is 0 Å². The number of nitrogens with one attached hydrogen (secondary N) is 2. The lowest BCUT2D eigenvalue weighted by atomic mass is 10.0. The van der Waals surface area contributed by atoms with E-state index < -0.39 is 12.0 Å². The summed E-state index contributed by atoms with van der Waals surface area (Å²) in [6.45, 7) is 5.16. The topological polar surface area (TPSA) is 130 Å². The highest BCUT2D eigenvalue weighted by atomic mass is 16.6. The second-order valence-corrected chi connectivity index (χ2v) is 9.34. The Labute approximate surface area is 228 Å². The molecule has 0 saturated carbocycles. The van der Waals surface area contributed by atoms with E-state index in [0.717, 1.165) is 48.6 Å². The number of rotatable bonds is 11. The molecule has 1 saturated heterocycles. The van der Waals surface area contributed by atoms with Crippen LogP contribution in [-0.2, 0) is 4.74 Å².